The van der Waals surface area contributed by atoms with E-state index in [1.54, 1.807) is 0 Å². The highest BCUT2D eigenvalue weighted by Crippen LogP contribution is 2.14. The van der Waals surface area contributed by atoms with Crippen molar-refractivity contribution in [2.24, 2.45) is 0 Å². The van der Waals surface area contributed by atoms with Crippen LogP contribution in [0.1, 0.15) is 42.1 Å². The van der Waals surface area contributed by atoms with Gasteiger partial charge in [-0.25, -0.2) is 0 Å². The molecule has 31 heavy (non-hydrogen) atoms. The summed E-state index contributed by atoms with van der Waals surface area (Å²) in [5.74, 6) is 0.717. The smallest absolute Gasteiger partial charge is 0.156 e. The van der Waals surface area contributed by atoms with Gasteiger partial charge >= 0.3 is 0 Å². The molecule has 6 heteroatoms. The van der Waals surface area contributed by atoms with E-state index >= 15 is 0 Å². The molecular weight excluding hydrogens is 384 g/mol. The van der Waals surface area contributed by atoms with Gasteiger partial charge in [-0.05, 0) is 63.4 Å². The van der Waals surface area contributed by atoms with E-state index in [-0.39, 0.29) is 0 Å². The molecule has 1 aromatic heterocycles. The third kappa shape index (κ3) is 5.31. The second-order valence-corrected chi connectivity index (χ2v) is 8.11. The number of nitriles is 1. The highest BCUT2D eigenvalue weighted by molar-refractivity contribution is 5.54. The molecule has 1 atom stereocenters. The Labute approximate surface area is 185 Å². The van der Waals surface area contributed by atoms with E-state index in [1.165, 1.54) is 12.8 Å². The molecule has 2 aromatic rings. The molecule has 0 amide bonds. The van der Waals surface area contributed by atoms with Gasteiger partial charge in [0.2, 0.25) is 0 Å². The fourth-order valence-electron chi connectivity index (χ4n) is 4.01. The zero-order valence-corrected chi connectivity index (χ0v) is 19.0. The zero-order valence-electron chi connectivity index (χ0n) is 19.0. The first-order valence-electron chi connectivity index (χ1n) is 10.8. The molecule has 1 aliphatic heterocycles. The standard InChI is InChI=1S/C25H32N6/c1-6-23-19(4)29-30-25(28-15-21-10-7-9-20(14-26)18(21)3)24(23)13-17(2)31(5)16-22-11-8-12-27-22/h6-7,9-10,13,22,27H,2,8,11-12,15-16H2,1,3-5H3,(H,28,30)/b23-6-,24-13+. The molecule has 0 radical (unpaired) electrons. The lowest BCUT2D eigenvalue weighted by Crippen LogP contribution is -2.36. The minimum atomic E-state index is 0.512. The molecule has 0 aliphatic carbocycles. The second kappa shape index (κ2) is 10.2. The molecule has 0 spiro atoms. The lowest BCUT2D eigenvalue weighted by Gasteiger charge is -2.23. The summed E-state index contributed by atoms with van der Waals surface area (Å²) in [6.07, 6.45) is 6.59. The Kier molecular flexibility index (Phi) is 7.43. The molecule has 1 unspecified atom stereocenters. The van der Waals surface area contributed by atoms with Gasteiger partial charge < -0.3 is 15.5 Å². The van der Waals surface area contributed by atoms with Crippen LogP contribution in [0.4, 0.5) is 5.82 Å². The number of nitrogens with zero attached hydrogens (tertiary/aromatic N) is 4. The number of hydrogen-bond acceptors (Lipinski definition) is 6. The first-order chi connectivity index (χ1) is 14.9. The summed E-state index contributed by atoms with van der Waals surface area (Å²) in [6.45, 7) is 12.9. The molecule has 1 aromatic carbocycles. The second-order valence-electron chi connectivity index (χ2n) is 8.11. The predicted octanol–water partition coefficient (Wildman–Crippen LogP) is 2.36. The van der Waals surface area contributed by atoms with Gasteiger partial charge in [0, 0.05) is 42.3 Å². The Bertz CT molecular complexity index is 1110. The largest absolute Gasteiger partial charge is 0.373 e. The normalized spacial score (nSPS) is 16.9. The highest BCUT2D eigenvalue weighted by Gasteiger charge is 2.16. The minimum absolute atomic E-state index is 0.512. The number of anilines is 1. The Morgan fingerprint density at radius 1 is 1.35 bits per heavy atom. The van der Waals surface area contributed by atoms with Crippen LogP contribution in [0.25, 0.3) is 12.2 Å². The summed E-state index contributed by atoms with van der Waals surface area (Å²) in [5, 5.41) is 27.1. The van der Waals surface area contributed by atoms with E-state index in [1.807, 2.05) is 39.0 Å². The highest BCUT2D eigenvalue weighted by atomic mass is 15.2. The number of aromatic nitrogens is 2. The lowest BCUT2D eigenvalue weighted by molar-refractivity contribution is 0.379. The molecule has 2 N–H and O–H groups in total. The molecule has 1 aliphatic rings. The van der Waals surface area contributed by atoms with Gasteiger partial charge in [0.1, 0.15) is 0 Å². The molecular formula is C25H32N6. The summed E-state index contributed by atoms with van der Waals surface area (Å²) >= 11 is 0. The van der Waals surface area contributed by atoms with E-state index in [0.717, 1.165) is 46.0 Å². The number of likely N-dealkylation sites (N-methyl/N-ethyl adjacent to an activating group) is 1. The van der Waals surface area contributed by atoms with Crippen LogP contribution in [0.2, 0.25) is 0 Å². The van der Waals surface area contributed by atoms with Crippen molar-refractivity contribution in [3.63, 3.8) is 0 Å². The Balaban J connectivity index is 1.90. The van der Waals surface area contributed by atoms with Crippen LogP contribution < -0.4 is 21.1 Å². The average Bonchev–Trinajstić information content (AvgIpc) is 3.27. The number of aryl methyl sites for hydroxylation is 1. The fourth-order valence-corrected chi connectivity index (χ4v) is 4.01. The van der Waals surface area contributed by atoms with Crippen LogP contribution in [0.15, 0.2) is 30.5 Å². The van der Waals surface area contributed by atoms with Gasteiger partial charge in [0.25, 0.3) is 0 Å². The van der Waals surface area contributed by atoms with Crippen molar-refractivity contribution >= 4 is 18.0 Å². The van der Waals surface area contributed by atoms with Gasteiger partial charge in [0.15, 0.2) is 5.82 Å². The maximum absolute atomic E-state index is 9.30. The summed E-state index contributed by atoms with van der Waals surface area (Å²) < 4.78 is 0. The Morgan fingerprint density at radius 3 is 2.84 bits per heavy atom. The molecule has 0 bridgehead atoms. The van der Waals surface area contributed by atoms with Crippen molar-refractivity contribution in [3.05, 3.63) is 63.3 Å². The molecule has 162 valence electrons. The number of benzene rings is 1. The van der Waals surface area contributed by atoms with E-state index < -0.39 is 0 Å². The van der Waals surface area contributed by atoms with Crippen molar-refractivity contribution < 1.29 is 0 Å². The topological polar surface area (TPSA) is 76.9 Å². The molecule has 0 saturated carbocycles. The van der Waals surface area contributed by atoms with Crippen molar-refractivity contribution in [2.75, 3.05) is 25.5 Å². The van der Waals surface area contributed by atoms with Crippen LogP contribution in [-0.4, -0.2) is 41.3 Å². The summed E-state index contributed by atoms with van der Waals surface area (Å²) in [4.78, 5) is 2.20. The maximum Gasteiger partial charge on any atom is 0.156 e. The van der Waals surface area contributed by atoms with Gasteiger partial charge in [-0.3, -0.25) is 0 Å². The number of hydrogen-bond donors (Lipinski definition) is 2. The summed E-state index contributed by atoms with van der Waals surface area (Å²) in [6, 6.07) is 8.54. The van der Waals surface area contributed by atoms with E-state index in [2.05, 4.69) is 57.6 Å². The monoisotopic (exact) mass is 416 g/mol. The van der Waals surface area contributed by atoms with Crippen LogP contribution in [0.3, 0.4) is 0 Å². The van der Waals surface area contributed by atoms with Crippen LogP contribution in [0.5, 0.6) is 0 Å². The van der Waals surface area contributed by atoms with Crippen LogP contribution in [0, 0.1) is 25.2 Å². The van der Waals surface area contributed by atoms with Crippen molar-refractivity contribution in [1.82, 2.24) is 20.4 Å². The molecule has 6 nitrogen and oxygen atoms in total. The minimum Gasteiger partial charge on any atom is -0.373 e. The van der Waals surface area contributed by atoms with Gasteiger partial charge in [-0.1, -0.05) is 24.8 Å². The number of nitrogens with one attached hydrogen (secondary N) is 2. The fraction of sp³-hybridized carbons (Fsp3) is 0.400. The van der Waals surface area contributed by atoms with E-state index in [9.17, 15) is 5.26 Å². The van der Waals surface area contributed by atoms with Gasteiger partial charge in [0.05, 0.1) is 17.3 Å². The predicted molar refractivity (Wildman–Crippen MR) is 127 cm³/mol. The van der Waals surface area contributed by atoms with Gasteiger partial charge in [-0.15, -0.1) is 5.10 Å². The van der Waals surface area contributed by atoms with Crippen molar-refractivity contribution in [2.45, 2.75) is 46.2 Å². The first kappa shape index (κ1) is 22.5. The molecule has 1 fully saturated rings. The van der Waals surface area contributed by atoms with Crippen LogP contribution >= 0.6 is 0 Å². The van der Waals surface area contributed by atoms with Gasteiger partial charge in [-0.2, -0.15) is 10.4 Å². The Morgan fingerprint density at radius 2 is 2.16 bits per heavy atom. The lowest BCUT2D eigenvalue weighted by atomic mass is 10.0. The number of rotatable bonds is 7. The SMILES string of the molecule is C=C(/C=c1/c(NCc2cccc(C#N)c2C)nnc(C)/c1=C/C)N(C)CC1CCCN1. The molecule has 1 saturated heterocycles. The first-order valence-corrected chi connectivity index (χ1v) is 10.8. The molecule has 2 heterocycles. The van der Waals surface area contributed by atoms with Crippen molar-refractivity contribution in [3.8, 4) is 6.07 Å². The molecule has 3 rings (SSSR count). The van der Waals surface area contributed by atoms with Crippen LogP contribution in [-0.2, 0) is 6.54 Å². The van der Waals surface area contributed by atoms with E-state index in [0.29, 0.717) is 24.0 Å². The maximum atomic E-state index is 9.30. The third-order valence-electron chi connectivity index (χ3n) is 5.99. The average molecular weight is 417 g/mol. The quantitative estimate of drug-likeness (QED) is 0.722. The Hall–Kier alpha value is -3.17. The van der Waals surface area contributed by atoms with E-state index in [4.69, 9.17) is 0 Å². The zero-order chi connectivity index (χ0) is 22.4. The summed E-state index contributed by atoms with van der Waals surface area (Å²) in [5.41, 5.74) is 4.57. The summed E-state index contributed by atoms with van der Waals surface area (Å²) in [7, 11) is 2.08. The number of allylic oxidation sites excluding steroid dienone is 1. The third-order valence-corrected chi connectivity index (χ3v) is 5.99. The van der Waals surface area contributed by atoms with Crippen molar-refractivity contribution in [1.29, 1.82) is 5.26 Å².